The Morgan fingerprint density at radius 2 is 1.94 bits per heavy atom. The van der Waals surface area contributed by atoms with E-state index in [-0.39, 0.29) is 11.0 Å². The standard InChI is InChI=1S/C10H10BrF2NO3/c11-5-1-7(12)9(8(13)2-5)10(17)14-3-6(16)4-15/h1-2,6,15-16H,3-4H2,(H,14,17). The van der Waals surface area contributed by atoms with E-state index in [4.69, 9.17) is 10.2 Å². The van der Waals surface area contributed by atoms with Gasteiger partial charge in [-0.1, -0.05) is 15.9 Å². The van der Waals surface area contributed by atoms with Crippen LogP contribution in [0.4, 0.5) is 8.78 Å². The van der Waals surface area contributed by atoms with E-state index >= 15 is 0 Å². The molecule has 1 atom stereocenters. The van der Waals surface area contributed by atoms with Gasteiger partial charge in [0.2, 0.25) is 0 Å². The van der Waals surface area contributed by atoms with Gasteiger partial charge in [0.1, 0.15) is 17.2 Å². The Bertz CT molecular complexity index is 405. The summed E-state index contributed by atoms with van der Waals surface area (Å²) in [4.78, 5) is 11.4. The summed E-state index contributed by atoms with van der Waals surface area (Å²) in [6, 6.07) is 1.92. The van der Waals surface area contributed by atoms with Crippen molar-refractivity contribution >= 4 is 21.8 Å². The number of hydrogen-bond acceptors (Lipinski definition) is 3. The molecule has 0 aliphatic heterocycles. The molecule has 0 spiro atoms. The van der Waals surface area contributed by atoms with Crippen molar-refractivity contribution in [1.82, 2.24) is 5.32 Å². The fourth-order valence-corrected chi connectivity index (χ4v) is 1.52. The van der Waals surface area contributed by atoms with Crippen LogP contribution in [0.5, 0.6) is 0 Å². The van der Waals surface area contributed by atoms with Gasteiger partial charge >= 0.3 is 0 Å². The van der Waals surface area contributed by atoms with Crippen LogP contribution in [0, 0.1) is 11.6 Å². The molecule has 0 saturated heterocycles. The molecule has 1 amide bonds. The molecule has 7 heteroatoms. The van der Waals surface area contributed by atoms with Crippen molar-refractivity contribution in [2.45, 2.75) is 6.10 Å². The van der Waals surface area contributed by atoms with Crippen LogP contribution in [-0.4, -0.2) is 35.4 Å². The maximum absolute atomic E-state index is 13.3. The van der Waals surface area contributed by atoms with Gasteiger partial charge in [0.15, 0.2) is 0 Å². The van der Waals surface area contributed by atoms with Crippen LogP contribution in [-0.2, 0) is 0 Å². The quantitative estimate of drug-likeness (QED) is 0.771. The van der Waals surface area contributed by atoms with Crippen LogP contribution in [0.2, 0.25) is 0 Å². The van der Waals surface area contributed by atoms with E-state index in [1.807, 2.05) is 0 Å². The minimum atomic E-state index is -1.17. The molecule has 1 aromatic carbocycles. The molecule has 1 aromatic rings. The Hall–Kier alpha value is -1.05. The third kappa shape index (κ3) is 3.72. The summed E-state index contributed by atoms with van der Waals surface area (Å²) >= 11 is 2.88. The van der Waals surface area contributed by atoms with E-state index in [0.29, 0.717) is 0 Å². The molecule has 0 aliphatic carbocycles. The minimum absolute atomic E-state index is 0.180. The van der Waals surface area contributed by atoms with Crippen molar-refractivity contribution in [3.05, 3.63) is 33.8 Å². The van der Waals surface area contributed by atoms with Crippen molar-refractivity contribution in [3.63, 3.8) is 0 Å². The molecule has 94 valence electrons. The Morgan fingerprint density at radius 1 is 1.41 bits per heavy atom. The first-order valence-corrected chi connectivity index (χ1v) is 5.46. The molecule has 0 radical (unpaired) electrons. The first kappa shape index (κ1) is 14.0. The molecular formula is C10H10BrF2NO3. The van der Waals surface area contributed by atoms with E-state index in [2.05, 4.69) is 21.2 Å². The van der Waals surface area contributed by atoms with Crippen LogP contribution < -0.4 is 5.32 Å². The van der Waals surface area contributed by atoms with Gasteiger partial charge in [-0.2, -0.15) is 0 Å². The normalized spacial score (nSPS) is 12.3. The molecule has 1 unspecified atom stereocenters. The Balaban J connectivity index is 2.82. The van der Waals surface area contributed by atoms with E-state index in [1.165, 1.54) is 0 Å². The highest BCUT2D eigenvalue weighted by molar-refractivity contribution is 9.10. The maximum atomic E-state index is 13.3. The highest BCUT2D eigenvalue weighted by Gasteiger charge is 2.18. The monoisotopic (exact) mass is 309 g/mol. The van der Waals surface area contributed by atoms with Crippen molar-refractivity contribution in [3.8, 4) is 0 Å². The summed E-state index contributed by atoms with van der Waals surface area (Å²) in [7, 11) is 0. The zero-order valence-electron chi connectivity index (χ0n) is 8.58. The number of aliphatic hydroxyl groups is 2. The van der Waals surface area contributed by atoms with Crippen LogP contribution in [0.1, 0.15) is 10.4 Å². The van der Waals surface area contributed by atoms with Crippen molar-refractivity contribution in [1.29, 1.82) is 0 Å². The van der Waals surface area contributed by atoms with Gasteiger partial charge in [-0.3, -0.25) is 4.79 Å². The van der Waals surface area contributed by atoms with Crippen LogP contribution >= 0.6 is 15.9 Å². The van der Waals surface area contributed by atoms with Gasteiger partial charge < -0.3 is 15.5 Å². The lowest BCUT2D eigenvalue weighted by atomic mass is 10.2. The molecule has 17 heavy (non-hydrogen) atoms. The largest absolute Gasteiger partial charge is 0.394 e. The van der Waals surface area contributed by atoms with Gasteiger partial charge in [-0.15, -0.1) is 0 Å². The smallest absolute Gasteiger partial charge is 0.257 e. The van der Waals surface area contributed by atoms with E-state index in [0.717, 1.165) is 12.1 Å². The summed E-state index contributed by atoms with van der Waals surface area (Å²) in [6.45, 7) is -0.837. The summed E-state index contributed by atoms with van der Waals surface area (Å²) in [6.07, 6.45) is -1.17. The molecule has 3 N–H and O–H groups in total. The van der Waals surface area contributed by atoms with Gasteiger partial charge in [0.05, 0.1) is 12.7 Å². The van der Waals surface area contributed by atoms with Crippen LogP contribution in [0.3, 0.4) is 0 Å². The number of halogens is 3. The molecule has 0 saturated carbocycles. The fourth-order valence-electron chi connectivity index (χ4n) is 1.12. The van der Waals surface area contributed by atoms with Gasteiger partial charge in [-0.05, 0) is 12.1 Å². The molecular weight excluding hydrogens is 300 g/mol. The van der Waals surface area contributed by atoms with Gasteiger partial charge in [-0.25, -0.2) is 8.78 Å². The zero-order chi connectivity index (χ0) is 13.0. The number of nitrogens with one attached hydrogen (secondary N) is 1. The number of rotatable bonds is 4. The summed E-state index contributed by atoms with van der Waals surface area (Å²) < 4.78 is 26.8. The molecule has 0 aliphatic rings. The number of aliphatic hydroxyl groups excluding tert-OH is 2. The summed E-state index contributed by atoms with van der Waals surface area (Å²) in [5.74, 6) is -3.00. The highest BCUT2D eigenvalue weighted by atomic mass is 79.9. The fraction of sp³-hybridized carbons (Fsp3) is 0.300. The average Bonchev–Trinajstić information content (AvgIpc) is 2.24. The predicted octanol–water partition coefficient (Wildman–Crippen LogP) is 0.810. The molecule has 0 fully saturated rings. The zero-order valence-corrected chi connectivity index (χ0v) is 10.2. The van der Waals surface area contributed by atoms with E-state index < -0.39 is 35.8 Å². The van der Waals surface area contributed by atoms with Crippen molar-refractivity contribution < 1.29 is 23.8 Å². The Kier molecular flexibility index (Phi) is 4.98. The number of hydrogen-bond donors (Lipinski definition) is 3. The second kappa shape index (κ2) is 6.04. The minimum Gasteiger partial charge on any atom is -0.394 e. The maximum Gasteiger partial charge on any atom is 0.257 e. The molecule has 0 bridgehead atoms. The predicted molar refractivity (Wildman–Crippen MR) is 59.5 cm³/mol. The molecule has 4 nitrogen and oxygen atoms in total. The SMILES string of the molecule is O=C(NCC(O)CO)c1c(F)cc(Br)cc1F. The Morgan fingerprint density at radius 3 is 2.41 bits per heavy atom. The summed E-state index contributed by atoms with van der Waals surface area (Å²) in [5, 5.41) is 19.6. The van der Waals surface area contributed by atoms with Crippen molar-refractivity contribution in [2.75, 3.05) is 13.2 Å². The lowest BCUT2D eigenvalue weighted by Gasteiger charge is -2.10. The van der Waals surface area contributed by atoms with Crippen molar-refractivity contribution in [2.24, 2.45) is 0 Å². The van der Waals surface area contributed by atoms with E-state index in [1.54, 1.807) is 0 Å². The highest BCUT2D eigenvalue weighted by Crippen LogP contribution is 2.19. The Labute approximate surface area is 104 Å². The third-order valence-electron chi connectivity index (χ3n) is 1.94. The second-order valence-electron chi connectivity index (χ2n) is 3.29. The average molecular weight is 310 g/mol. The lowest BCUT2D eigenvalue weighted by Crippen LogP contribution is -2.34. The van der Waals surface area contributed by atoms with Gasteiger partial charge in [0.25, 0.3) is 5.91 Å². The number of benzene rings is 1. The number of amides is 1. The molecule has 1 rings (SSSR count). The summed E-state index contributed by atoms with van der Waals surface area (Å²) in [5.41, 5.74) is -0.724. The number of carbonyl (C=O) groups is 1. The van der Waals surface area contributed by atoms with Gasteiger partial charge in [0, 0.05) is 11.0 Å². The topological polar surface area (TPSA) is 69.6 Å². The van der Waals surface area contributed by atoms with Crippen LogP contribution in [0.15, 0.2) is 16.6 Å². The molecule has 0 heterocycles. The lowest BCUT2D eigenvalue weighted by molar-refractivity contribution is 0.0796. The third-order valence-corrected chi connectivity index (χ3v) is 2.40. The molecule has 0 aromatic heterocycles. The van der Waals surface area contributed by atoms with Crippen LogP contribution in [0.25, 0.3) is 0 Å². The number of carbonyl (C=O) groups excluding carboxylic acids is 1. The van der Waals surface area contributed by atoms with E-state index in [9.17, 15) is 13.6 Å². The first-order chi connectivity index (χ1) is 7.95. The second-order valence-corrected chi connectivity index (χ2v) is 4.21. The first-order valence-electron chi connectivity index (χ1n) is 4.67.